The standard InChI is InChI=1S/C24H29N3O6/c1-3-12-25-21(28)19-16-33-24(27(19)22(29)17-6-8-18(31-2)9-7-17)10-13-26(14-11-24)23(30)20-5-4-15-32-20/h4-9,15,19H,3,10-14,16H2,1-2H3,(H,25,28)/t19-/m0/s1. The highest BCUT2D eigenvalue weighted by Gasteiger charge is 2.54. The molecule has 0 saturated carbocycles. The van der Waals surface area contributed by atoms with Crippen LogP contribution in [-0.4, -0.2) is 72.6 Å². The summed E-state index contributed by atoms with van der Waals surface area (Å²) in [7, 11) is 1.56. The lowest BCUT2D eigenvalue weighted by atomic mass is 9.96. The van der Waals surface area contributed by atoms with Gasteiger partial charge in [-0.15, -0.1) is 0 Å². The minimum Gasteiger partial charge on any atom is -0.497 e. The molecule has 1 spiro atoms. The summed E-state index contributed by atoms with van der Waals surface area (Å²) in [6.07, 6.45) is 3.06. The van der Waals surface area contributed by atoms with Crippen molar-refractivity contribution in [3.63, 3.8) is 0 Å². The number of ether oxygens (including phenoxy) is 2. The van der Waals surface area contributed by atoms with Crippen molar-refractivity contribution in [2.75, 3.05) is 33.4 Å². The highest BCUT2D eigenvalue weighted by atomic mass is 16.5. The van der Waals surface area contributed by atoms with Crippen LogP contribution in [0.1, 0.15) is 47.1 Å². The Labute approximate surface area is 192 Å². The van der Waals surface area contributed by atoms with Gasteiger partial charge >= 0.3 is 0 Å². The summed E-state index contributed by atoms with van der Waals surface area (Å²) in [5, 5.41) is 2.89. The van der Waals surface area contributed by atoms with E-state index in [1.165, 1.54) is 6.26 Å². The van der Waals surface area contributed by atoms with Gasteiger partial charge in [0.05, 0.1) is 20.0 Å². The molecule has 2 aliphatic rings. The highest BCUT2D eigenvalue weighted by molar-refractivity contribution is 5.98. The highest BCUT2D eigenvalue weighted by Crippen LogP contribution is 2.39. The molecule has 4 rings (SSSR count). The summed E-state index contributed by atoms with van der Waals surface area (Å²) in [5.74, 6) is 0.211. The van der Waals surface area contributed by atoms with Gasteiger partial charge in [-0.3, -0.25) is 19.3 Å². The van der Waals surface area contributed by atoms with Gasteiger partial charge in [-0.25, -0.2) is 0 Å². The molecule has 9 nitrogen and oxygen atoms in total. The molecule has 0 bridgehead atoms. The van der Waals surface area contributed by atoms with E-state index < -0.39 is 11.8 Å². The smallest absolute Gasteiger partial charge is 0.289 e. The predicted molar refractivity (Wildman–Crippen MR) is 119 cm³/mol. The fraction of sp³-hybridized carbons (Fsp3) is 0.458. The molecule has 0 radical (unpaired) electrons. The van der Waals surface area contributed by atoms with Crippen LogP contribution < -0.4 is 10.1 Å². The number of rotatable bonds is 6. The second-order valence-corrected chi connectivity index (χ2v) is 8.24. The van der Waals surface area contributed by atoms with Gasteiger partial charge in [-0.05, 0) is 42.8 Å². The number of piperidine rings is 1. The molecule has 3 heterocycles. The topological polar surface area (TPSA) is 101 Å². The minimum atomic E-state index is -0.953. The third kappa shape index (κ3) is 4.45. The van der Waals surface area contributed by atoms with Crippen molar-refractivity contribution in [2.24, 2.45) is 0 Å². The van der Waals surface area contributed by atoms with E-state index >= 15 is 0 Å². The van der Waals surface area contributed by atoms with Crippen LogP contribution in [0.3, 0.4) is 0 Å². The lowest BCUT2D eigenvalue weighted by molar-refractivity contribution is -0.128. The third-order valence-corrected chi connectivity index (χ3v) is 6.23. The number of hydrogen-bond donors (Lipinski definition) is 1. The van der Waals surface area contributed by atoms with Crippen LogP contribution in [0.5, 0.6) is 5.75 Å². The summed E-state index contributed by atoms with van der Waals surface area (Å²) in [6.45, 7) is 3.38. The predicted octanol–water partition coefficient (Wildman–Crippen LogP) is 2.29. The molecule has 2 aromatic rings. The van der Waals surface area contributed by atoms with E-state index in [0.29, 0.717) is 43.8 Å². The fourth-order valence-electron chi connectivity index (χ4n) is 4.42. The maximum Gasteiger partial charge on any atom is 0.289 e. The Morgan fingerprint density at radius 1 is 1.12 bits per heavy atom. The quantitative estimate of drug-likeness (QED) is 0.717. The van der Waals surface area contributed by atoms with Crippen molar-refractivity contribution in [2.45, 2.75) is 38.0 Å². The number of nitrogens with zero attached hydrogens (tertiary/aromatic N) is 2. The number of methoxy groups -OCH3 is 1. The van der Waals surface area contributed by atoms with Crippen LogP contribution in [-0.2, 0) is 9.53 Å². The molecular formula is C24H29N3O6. The second-order valence-electron chi connectivity index (χ2n) is 8.24. The van der Waals surface area contributed by atoms with Crippen LogP contribution in [0.2, 0.25) is 0 Å². The molecule has 2 saturated heterocycles. The van der Waals surface area contributed by atoms with Gasteiger partial charge in [0.1, 0.15) is 17.5 Å². The van der Waals surface area contributed by atoms with E-state index in [9.17, 15) is 14.4 Å². The van der Waals surface area contributed by atoms with Gasteiger partial charge in [-0.2, -0.15) is 0 Å². The first-order chi connectivity index (χ1) is 16.0. The molecule has 2 aliphatic heterocycles. The molecular weight excluding hydrogens is 426 g/mol. The zero-order chi connectivity index (χ0) is 23.4. The first kappa shape index (κ1) is 22.8. The summed E-state index contributed by atoms with van der Waals surface area (Å²) in [4.78, 5) is 42.5. The molecule has 1 aromatic carbocycles. The molecule has 9 heteroatoms. The van der Waals surface area contributed by atoms with Crippen molar-refractivity contribution in [1.29, 1.82) is 0 Å². The Hall–Kier alpha value is -3.33. The summed E-state index contributed by atoms with van der Waals surface area (Å²) in [5.41, 5.74) is -0.506. The molecule has 3 amide bonds. The number of likely N-dealkylation sites (tertiary alicyclic amines) is 1. The van der Waals surface area contributed by atoms with E-state index in [0.717, 1.165) is 6.42 Å². The first-order valence-electron chi connectivity index (χ1n) is 11.2. The third-order valence-electron chi connectivity index (χ3n) is 6.23. The maximum atomic E-state index is 13.6. The van der Waals surface area contributed by atoms with Crippen molar-refractivity contribution in [3.05, 3.63) is 54.0 Å². The Morgan fingerprint density at radius 3 is 2.45 bits per heavy atom. The van der Waals surface area contributed by atoms with Crippen molar-refractivity contribution in [3.8, 4) is 5.75 Å². The zero-order valence-corrected chi connectivity index (χ0v) is 18.9. The van der Waals surface area contributed by atoms with Gasteiger partial charge in [-0.1, -0.05) is 6.92 Å². The van der Waals surface area contributed by atoms with Gasteiger partial charge < -0.3 is 24.1 Å². The Morgan fingerprint density at radius 2 is 1.85 bits per heavy atom. The van der Waals surface area contributed by atoms with Gasteiger partial charge in [0.25, 0.3) is 11.8 Å². The normalized spacial score (nSPS) is 19.5. The SMILES string of the molecule is CCCNC(=O)[C@@H]1COC2(CCN(C(=O)c3ccco3)CC2)N1C(=O)c1ccc(OC)cc1. The number of nitrogens with one attached hydrogen (secondary N) is 1. The lowest BCUT2D eigenvalue weighted by Crippen LogP contribution is -2.59. The molecule has 0 aliphatic carbocycles. The van der Waals surface area contributed by atoms with Crippen LogP contribution in [0.15, 0.2) is 47.1 Å². The monoisotopic (exact) mass is 455 g/mol. The number of amides is 3. The zero-order valence-electron chi connectivity index (χ0n) is 18.9. The van der Waals surface area contributed by atoms with Crippen molar-refractivity contribution >= 4 is 17.7 Å². The van der Waals surface area contributed by atoms with E-state index in [1.807, 2.05) is 6.92 Å². The number of hydrogen-bond acceptors (Lipinski definition) is 6. The first-order valence-corrected chi connectivity index (χ1v) is 11.2. The Bertz CT molecular complexity index is 980. The van der Waals surface area contributed by atoms with E-state index in [-0.39, 0.29) is 30.1 Å². The maximum absolute atomic E-state index is 13.6. The molecule has 1 aromatic heterocycles. The Balaban J connectivity index is 1.57. The van der Waals surface area contributed by atoms with Gasteiger partial charge in [0, 0.05) is 38.0 Å². The molecule has 1 atom stereocenters. The molecule has 176 valence electrons. The molecule has 33 heavy (non-hydrogen) atoms. The summed E-state index contributed by atoms with van der Waals surface area (Å²) >= 11 is 0. The van der Waals surface area contributed by atoms with Crippen LogP contribution in [0.4, 0.5) is 0 Å². The number of furan rings is 1. The Kier molecular flexibility index (Phi) is 6.69. The van der Waals surface area contributed by atoms with Crippen LogP contribution in [0.25, 0.3) is 0 Å². The van der Waals surface area contributed by atoms with Crippen molar-refractivity contribution in [1.82, 2.24) is 15.1 Å². The average Bonchev–Trinajstić information content (AvgIpc) is 3.51. The van der Waals surface area contributed by atoms with E-state index in [2.05, 4.69) is 5.32 Å². The number of benzene rings is 1. The van der Waals surface area contributed by atoms with Crippen LogP contribution >= 0.6 is 0 Å². The molecule has 0 unspecified atom stereocenters. The fourth-order valence-corrected chi connectivity index (χ4v) is 4.42. The number of carbonyl (C=O) groups excluding carboxylic acids is 3. The molecule has 1 N–H and O–H groups in total. The average molecular weight is 456 g/mol. The summed E-state index contributed by atoms with van der Waals surface area (Å²) in [6, 6.07) is 9.37. The van der Waals surface area contributed by atoms with Gasteiger partial charge in [0.15, 0.2) is 5.76 Å². The van der Waals surface area contributed by atoms with Gasteiger partial charge in [0.2, 0.25) is 5.91 Å². The van der Waals surface area contributed by atoms with E-state index in [1.54, 1.807) is 53.3 Å². The minimum absolute atomic E-state index is 0.115. The molecule has 2 fully saturated rings. The van der Waals surface area contributed by atoms with Crippen LogP contribution in [0, 0.1) is 0 Å². The second kappa shape index (κ2) is 9.66. The van der Waals surface area contributed by atoms with Crippen molar-refractivity contribution < 1.29 is 28.3 Å². The largest absolute Gasteiger partial charge is 0.497 e. The number of carbonyl (C=O) groups is 3. The van der Waals surface area contributed by atoms with E-state index in [4.69, 9.17) is 13.9 Å². The summed E-state index contributed by atoms with van der Waals surface area (Å²) < 4.78 is 16.6. The lowest BCUT2D eigenvalue weighted by Gasteiger charge is -2.44.